The molecule has 0 aliphatic carbocycles. The summed E-state index contributed by atoms with van der Waals surface area (Å²) in [5.41, 5.74) is 5.26. The van der Waals surface area contributed by atoms with E-state index < -0.39 is 0 Å². The first-order chi connectivity index (χ1) is 9.26. The minimum atomic E-state index is -0.195. The maximum absolute atomic E-state index is 11.5. The zero-order chi connectivity index (χ0) is 13.9. The van der Waals surface area contributed by atoms with Gasteiger partial charge in [0.1, 0.15) is 11.5 Å². The van der Waals surface area contributed by atoms with Crippen molar-refractivity contribution in [3.8, 4) is 11.5 Å². The van der Waals surface area contributed by atoms with Crippen LogP contribution >= 0.6 is 0 Å². The fourth-order valence-electron chi connectivity index (χ4n) is 1.34. The highest BCUT2D eigenvalue weighted by Crippen LogP contribution is 2.18. The molecular formula is C13H20N2O4. The molecule has 0 fully saturated rings. The largest absolute Gasteiger partial charge is 0.497 e. The molecule has 0 unspecified atom stereocenters. The summed E-state index contributed by atoms with van der Waals surface area (Å²) in [4.78, 5) is 11.5. The summed E-state index contributed by atoms with van der Waals surface area (Å²) in [6.45, 7) is 1.83. The molecule has 0 radical (unpaired) electrons. The van der Waals surface area contributed by atoms with Crippen LogP contribution < -0.4 is 20.5 Å². The highest BCUT2D eigenvalue weighted by atomic mass is 16.5. The van der Waals surface area contributed by atoms with Gasteiger partial charge in [-0.05, 0) is 12.1 Å². The molecular weight excluding hydrogens is 248 g/mol. The summed E-state index contributed by atoms with van der Waals surface area (Å²) in [5, 5.41) is 2.68. The smallest absolute Gasteiger partial charge is 0.258 e. The van der Waals surface area contributed by atoms with Gasteiger partial charge >= 0.3 is 0 Å². The summed E-state index contributed by atoms with van der Waals surface area (Å²) >= 11 is 0. The molecule has 106 valence electrons. The van der Waals surface area contributed by atoms with E-state index in [1.807, 2.05) is 6.07 Å². The van der Waals surface area contributed by atoms with Crippen LogP contribution in [0, 0.1) is 0 Å². The van der Waals surface area contributed by atoms with Gasteiger partial charge in [-0.3, -0.25) is 4.79 Å². The summed E-state index contributed by atoms with van der Waals surface area (Å²) in [6, 6.07) is 7.09. The quantitative estimate of drug-likeness (QED) is 0.624. The van der Waals surface area contributed by atoms with Crippen LogP contribution in [0.2, 0.25) is 0 Å². The summed E-state index contributed by atoms with van der Waals surface area (Å²) < 4.78 is 15.5. The Kier molecular flexibility index (Phi) is 7.38. The third-order valence-corrected chi connectivity index (χ3v) is 2.24. The van der Waals surface area contributed by atoms with Crippen LogP contribution in [0.25, 0.3) is 0 Å². The average molecular weight is 268 g/mol. The van der Waals surface area contributed by atoms with Gasteiger partial charge < -0.3 is 25.3 Å². The van der Waals surface area contributed by atoms with Crippen LogP contribution in [0.1, 0.15) is 0 Å². The van der Waals surface area contributed by atoms with E-state index in [1.165, 1.54) is 0 Å². The lowest BCUT2D eigenvalue weighted by Gasteiger charge is -2.08. The maximum Gasteiger partial charge on any atom is 0.258 e. The lowest BCUT2D eigenvalue weighted by Crippen LogP contribution is -2.32. The topological polar surface area (TPSA) is 82.8 Å². The molecule has 0 atom stereocenters. The Bertz CT molecular complexity index is 385. The zero-order valence-electron chi connectivity index (χ0n) is 11.1. The Balaban J connectivity index is 2.18. The van der Waals surface area contributed by atoms with Gasteiger partial charge in [0.15, 0.2) is 6.61 Å². The zero-order valence-corrected chi connectivity index (χ0v) is 11.1. The number of carbonyl (C=O) groups is 1. The average Bonchev–Trinajstić information content (AvgIpc) is 2.45. The van der Waals surface area contributed by atoms with E-state index in [4.69, 9.17) is 19.9 Å². The molecule has 0 aliphatic heterocycles. The Morgan fingerprint density at radius 3 is 2.84 bits per heavy atom. The van der Waals surface area contributed by atoms with Crippen molar-refractivity contribution < 1.29 is 19.0 Å². The molecule has 1 aromatic rings. The number of carbonyl (C=O) groups excluding carboxylic acids is 1. The first kappa shape index (κ1) is 15.3. The number of rotatable bonds is 9. The summed E-state index contributed by atoms with van der Waals surface area (Å²) in [5.74, 6) is 1.08. The van der Waals surface area contributed by atoms with Gasteiger partial charge in [-0.25, -0.2) is 0 Å². The predicted molar refractivity (Wildman–Crippen MR) is 71.4 cm³/mol. The summed E-state index contributed by atoms with van der Waals surface area (Å²) in [7, 11) is 1.58. The van der Waals surface area contributed by atoms with Gasteiger partial charge in [-0.15, -0.1) is 0 Å². The maximum atomic E-state index is 11.5. The highest BCUT2D eigenvalue weighted by molar-refractivity contribution is 5.77. The van der Waals surface area contributed by atoms with E-state index in [0.717, 1.165) is 0 Å². The number of amides is 1. The van der Waals surface area contributed by atoms with Crippen molar-refractivity contribution in [1.82, 2.24) is 5.32 Å². The molecule has 1 aromatic carbocycles. The summed E-state index contributed by atoms with van der Waals surface area (Å²) in [6.07, 6.45) is 0. The molecule has 0 saturated carbocycles. The van der Waals surface area contributed by atoms with Crippen molar-refractivity contribution in [3.05, 3.63) is 24.3 Å². The number of hydrogen-bond donors (Lipinski definition) is 2. The second kappa shape index (κ2) is 9.18. The Labute approximate surface area is 112 Å². The van der Waals surface area contributed by atoms with Crippen molar-refractivity contribution in [2.24, 2.45) is 5.73 Å². The van der Waals surface area contributed by atoms with Gasteiger partial charge in [0.25, 0.3) is 5.91 Å². The van der Waals surface area contributed by atoms with E-state index in [9.17, 15) is 4.79 Å². The molecule has 1 amide bonds. The highest BCUT2D eigenvalue weighted by Gasteiger charge is 2.02. The van der Waals surface area contributed by atoms with Crippen molar-refractivity contribution in [2.45, 2.75) is 0 Å². The second-order valence-corrected chi connectivity index (χ2v) is 3.72. The molecule has 6 nitrogen and oxygen atoms in total. The van der Waals surface area contributed by atoms with E-state index in [2.05, 4.69) is 5.32 Å². The van der Waals surface area contributed by atoms with Crippen molar-refractivity contribution in [3.63, 3.8) is 0 Å². The van der Waals surface area contributed by atoms with E-state index in [0.29, 0.717) is 37.8 Å². The Morgan fingerprint density at radius 2 is 2.11 bits per heavy atom. The van der Waals surface area contributed by atoms with E-state index in [-0.39, 0.29) is 12.5 Å². The van der Waals surface area contributed by atoms with Crippen LogP contribution in [0.3, 0.4) is 0 Å². The normalized spacial score (nSPS) is 10.0. The van der Waals surface area contributed by atoms with Crippen molar-refractivity contribution >= 4 is 5.91 Å². The molecule has 0 bridgehead atoms. The van der Waals surface area contributed by atoms with Gasteiger partial charge in [0.05, 0.1) is 20.3 Å². The van der Waals surface area contributed by atoms with Gasteiger partial charge in [-0.2, -0.15) is 0 Å². The number of nitrogens with two attached hydrogens (primary N) is 1. The standard InChI is InChI=1S/C13H20N2O4/c1-17-11-3-2-4-12(9-11)19-10-13(16)15-6-8-18-7-5-14/h2-4,9H,5-8,10,14H2,1H3,(H,15,16). The lowest BCUT2D eigenvalue weighted by atomic mass is 10.3. The first-order valence-electron chi connectivity index (χ1n) is 6.07. The molecule has 0 heterocycles. The van der Waals surface area contributed by atoms with Crippen LogP contribution in [-0.4, -0.2) is 45.9 Å². The van der Waals surface area contributed by atoms with Gasteiger partial charge in [0.2, 0.25) is 0 Å². The number of benzene rings is 1. The number of nitrogens with one attached hydrogen (secondary N) is 1. The molecule has 3 N–H and O–H groups in total. The van der Waals surface area contributed by atoms with E-state index in [1.54, 1.807) is 25.3 Å². The minimum Gasteiger partial charge on any atom is -0.497 e. The number of methoxy groups -OCH3 is 1. The van der Waals surface area contributed by atoms with Crippen LogP contribution in [0.15, 0.2) is 24.3 Å². The first-order valence-corrected chi connectivity index (χ1v) is 6.07. The van der Waals surface area contributed by atoms with E-state index >= 15 is 0 Å². The number of hydrogen-bond acceptors (Lipinski definition) is 5. The van der Waals surface area contributed by atoms with Crippen molar-refractivity contribution in [1.29, 1.82) is 0 Å². The third-order valence-electron chi connectivity index (χ3n) is 2.24. The predicted octanol–water partition coefficient (Wildman–Crippen LogP) is 0.166. The van der Waals surface area contributed by atoms with Gasteiger partial charge in [0, 0.05) is 19.2 Å². The molecule has 1 rings (SSSR count). The van der Waals surface area contributed by atoms with Gasteiger partial charge in [-0.1, -0.05) is 6.07 Å². The second-order valence-electron chi connectivity index (χ2n) is 3.72. The SMILES string of the molecule is COc1cccc(OCC(=O)NCCOCCN)c1. The molecule has 0 saturated heterocycles. The number of ether oxygens (including phenoxy) is 3. The monoisotopic (exact) mass is 268 g/mol. The van der Waals surface area contributed by atoms with Crippen LogP contribution in [0.4, 0.5) is 0 Å². The third kappa shape index (κ3) is 6.64. The lowest BCUT2D eigenvalue weighted by molar-refractivity contribution is -0.123. The Hall–Kier alpha value is -1.79. The molecule has 6 heteroatoms. The molecule has 0 aliphatic rings. The Morgan fingerprint density at radius 1 is 1.32 bits per heavy atom. The molecule has 0 spiro atoms. The fourth-order valence-corrected chi connectivity index (χ4v) is 1.34. The minimum absolute atomic E-state index is 0.0376. The fraction of sp³-hybridized carbons (Fsp3) is 0.462. The van der Waals surface area contributed by atoms with Crippen LogP contribution in [-0.2, 0) is 9.53 Å². The molecule has 0 aromatic heterocycles. The van der Waals surface area contributed by atoms with Crippen molar-refractivity contribution in [2.75, 3.05) is 40.0 Å². The molecule has 19 heavy (non-hydrogen) atoms. The van der Waals surface area contributed by atoms with Crippen LogP contribution in [0.5, 0.6) is 11.5 Å².